The van der Waals surface area contributed by atoms with Gasteiger partial charge in [0.1, 0.15) is 17.2 Å². The van der Waals surface area contributed by atoms with E-state index in [2.05, 4.69) is 11.6 Å². The number of pyridine rings is 1. The summed E-state index contributed by atoms with van der Waals surface area (Å²) >= 11 is 0. The molecule has 0 atom stereocenters. The van der Waals surface area contributed by atoms with Crippen LogP contribution in [0.15, 0.2) is 79.5 Å². The number of rotatable bonds is 18. The summed E-state index contributed by atoms with van der Waals surface area (Å²) in [7, 11) is 0. The Morgan fingerprint density at radius 1 is 0.725 bits per heavy atom. The third kappa shape index (κ3) is 10.9. The molecule has 1 aromatic heterocycles. The first kappa shape index (κ1) is 30.4. The van der Waals surface area contributed by atoms with Gasteiger partial charge in [0.15, 0.2) is 0 Å². The Labute approximate surface area is 237 Å². The molecule has 40 heavy (non-hydrogen) atoms. The van der Waals surface area contributed by atoms with Gasteiger partial charge in [0.2, 0.25) is 0 Å². The van der Waals surface area contributed by atoms with Crippen molar-refractivity contribution in [2.75, 3.05) is 19.8 Å². The number of hydrogen-bond donors (Lipinski definition) is 0. The smallest absolute Gasteiger partial charge is 0.343 e. The number of hydrogen-bond acceptors (Lipinski definition) is 7. The number of carbonyl (C=O) groups excluding carboxylic acids is 2. The van der Waals surface area contributed by atoms with Crippen molar-refractivity contribution in [3.05, 3.63) is 85.1 Å². The molecule has 0 saturated carbocycles. The van der Waals surface area contributed by atoms with E-state index in [1.165, 1.54) is 25.3 Å². The largest absolute Gasteiger partial charge is 0.494 e. The molecule has 0 radical (unpaired) electrons. The molecule has 7 nitrogen and oxygen atoms in total. The van der Waals surface area contributed by atoms with Crippen LogP contribution in [0.5, 0.6) is 17.2 Å². The van der Waals surface area contributed by atoms with E-state index >= 15 is 0 Å². The van der Waals surface area contributed by atoms with Gasteiger partial charge < -0.3 is 18.9 Å². The van der Waals surface area contributed by atoms with Gasteiger partial charge in [0.05, 0.1) is 37.3 Å². The van der Waals surface area contributed by atoms with Gasteiger partial charge in [0, 0.05) is 11.6 Å². The lowest BCUT2D eigenvalue weighted by molar-refractivity contribution is -0.137. The average molecular weight is 546 g/mol. The summed E-state index contributed by atoms with van der Waals surface area (Å²) in [6, 6.07) is 18.1. The fourth-order valence-corrected chi connectivity index (χ4v) is 4.04. The number of ether oxygens (including phenoxy) is 4. The number of aromatic nitrogens is 1. The summed E-state index contributed by atoms with van der Waals surface area (Å²) in [6.45, 7) is 7.03. The molecule has 0 fully saturated rings. The number of benzene rings is 2. The maximum atomic E-state index is 12.6. The van der Waals surface area contributed by atoms with Crippen molar-refractivity contribution in [3.63, 3.8) is 0 Å². The van der Waals surface area contributed by atoms with Crippen LogP contribution in [0.3, 0.4) is 0 Å². The maximum Gasteiger partial charge on any atom is 0.343 e. The van der Waals surface area contributed by atoms with Gasteiger partial charge in [-0.05, 0) is 80.4 Å². The first-order valence-electron chi connectivity index (χ1n) is 14.0. The van der Waals surface area contributed by atoms with E-state index < -0.39 is 5.97 Å². The van der Waals surface area contributed by atoms with Gasteiger partial charge in [0.25, 0.3) is 0 Å². The quantitative estimate of drug-likeness (QED) is 0.0704. The van der Waals surface area contributed by atoms with Crippen molar-refractivity contribution in [3.8, 4) is 28.5 Å². The summed E-state index contributed by atoms with van der Waals surface area (Å²) in [6.07, 6.45) is 11.7. The van der Waals surface area contributed by atoms with Crippen LogP contribution in [0.2, 0.25) is 0 Å². The SMILES string of the molecule is C=CC(=O)OCCCCCCCCCCOc1ccc(C(=O)Oc2ccc(-c3ccc(OCC)cn3)cc2)cc1. The Bertz CT molecular complexity index is 1170. The molecule has 2 aromatic carbocycles. The zero-order valence-electron chi connectivity index (χ0n) is 23.3. The lowest BCUT2D eigenvalue weighted by Gasteiger charge is -2.08. The third-order valence-electron chi connectivity index (χ3n) is 6.22. The molecule has 0 spiro atoms. The van der Waals surface area contributed by atoms with Crippen molar-refractivity contribution in [2.24, 2.45) is 0 Å². The first-order chi connectivity index (χ1) is 19.6. The van der Waals surface area contributed by atoms with Crippen LogP contribution in [-0.4, -0.2) is 36.7 Å². The standard InChI is InChI=1S/C33H39NO6/c1-3-32(35)39-24-12-10-8-6-5-7-9-11-23-38-28-17-15-27(16-18-28)33(36)40-29-19-13-26(14-20-29)31-22-21-30(25-34-31)37-4-2/h3,13-22,25H,1,4-12,23-24H2,2H3. The molecule has 0 bridgehead atoms. The van der Waals surface area contributed by atoms with E-state index in [0.29, 0.717) is 31.1 Å². The molecule has 0 saturated heterocycles. The Morgan fingerprint density at radius 2 is 1.32 bits per heavy atom. The van der Waals surface area contributed by atoms with Crippen LogP contribution in [0, 0.1) is 0 Å². The van der Waals surface area contributed by atoms with Gasteiger partial charge in [-0.25, -0.2) is 9.59 Å². The molecule has 212 valence electrons. The summed E-state index contributed by atoms with van der Waals surface area (Å²) in [5, 5.41) is 0. The molecule has 0 unspecified atom stereocenters. The minimum absolute atomic E-state index is 0.349. The molecule has 1 heterocycles. The fraction of sp³-hybridized carbons (Fsp3) is 0.364. The van der Waals surface area contributed by atoms with Crippen molar-refractivity contribution in [1.82, 2.24) is 4.98 Å². The number of unbranched alkanes of at least 4 members (excludes halogenated alkanes) is 7. The van der Waals surface area contributed by atoms with Crippen molar-refractivity contribution >= 4 is 11.9 Å². The van der Waals surface area contributed by atoms with Gasteiger partial charge >= 0.3 is 11.9 Å². The molecule has 0 aliphatic heterocycles. The molecule has 0 aliphatic carbocycles. The van der Waals surface area contributed by atoms with E-state index in [-0.39, 0.29) is 5.97 Å². The maximum absolute atomic E-state index is 12.6. The molecule has 3 aromatic rings. The second kappa shape index (κ2) is 17.5. The number of esters is 2. The molecule has 7 heteroatoms. The van der Waals surface area contributed by atoms with Gasteiger partial charge in [-0.3, -0.25) is 4.98 Å². The zero-order valence-corrected chi connectivity index (χ0v) is 23.3. The van der Waals surface area contributed by atoms with E-state index in [9.17, 15) is 9.59 Å². The van der Waals surface area contributed by atoms with Gasteiger partial charge in [-0.1, -0.05) is 45.1 Å². The van der Waals surface area contributed by atoms with E-state index in [1.807, 2.05) is 31.2 Å². The van der Waals surface area contributed by atoms with Crippen LogP contribution in [0.1, 0.15) is 68.6 Å². The highest BCUT2D eigenvalue weighted by Crippen LogP contribution is 2.23. The topological polar surface area (TPSA) is 84.0 Å². The molecule has 0 N–H and O–H groups in total. The normalized spacial score (nSPS) is 10.5. The van der Waals surface area contributed by atoms with Crippen LogP contribution in [0.4, 0.5) is 0 Å². The predicted molar refractivity (Wildman–Crippen MR) is 156 cm³/mol. The van der Waals surface area contributed by atoms with Crippen molar-refractivity contribution in [1.29, 1.82) is 0 Å². The van der Waals surface area contributed by atoms with E-state index in [1.54, 1.807) is 42.6 Å². The molecular formula is C33H39NO6. The lowest BCUT2D eigenvalue weighted by atomic mass is 10.1. The number of nitrogens with zero attached hydrogens (tertiary/aromatic N) is 1. The second-order valence-corrected chi connectivity index (χ2v) is 9.30. The van der Waals surface area contributed by atoms with Crippen LogP contribution >= 0.6 is 0 Å². The van der Waals surface area contributed by atoms with E-state index in [0.717, 1.165) is 54.9 Å². The Hall–Kier alpha value is -4.13. The fourth-order valence-electron chi connectivity index (χ4n) is 4.04. The predicted octanol–water partition coefficient (Wildman–Crippen LogP) is 7.60. The number of carbonyl (C=O) groups is 2. The second-order valence-electron chi connectivity index (χ2n) is 9.30. The Balaban J connectivity index is 1.28. The lowest BCUT2D eigenvalue weighted by Crippen LogP contribution is -2.08. The highest BCUT2D eigenvalue weighted by molar-refractivity contribution is 5.91. The first-order valence-corrected chi connectivity index (χ1v) is 14.0. The van der Waals surface area contributed by atoms with Crippen molar-refractivity contribution < 1.29 is 28.5 Å². The third-order valence-corrected chi connectivity index (χ3v) is 6.22. The summed E-state index contributed by atoms with van der Waals surface area (Å²) in [5.41, 5.74) is 2.20. The van der Waals surface area contributed by atoms with Crippen LogP contribution in [0.25, 0.3) is 11.3 Å². The minimum Gasteiger partial charge on any atom is -0.494 e. The molecular weight excluding hydrogens is 506 g/mol. The zero-order chi connectivity index (χ0) is 28.4. The van der Waals surface area contributed by atoms with Gasteiger partial charge in [-0.2, -0.15) is 0 Å². The summed E-state index contributed by atoms with van der Waals surface area (Å²) in [4.78, 5) is 27.9. The van der Waals surface area contributed by atoms with Crippen LogP contribution in [-0.2, 0) is 9.53 Å². The Kier molecular flexibility index (Phi) is 13.3. The highest BCUT2D eigenvalue weighted by atomic mass is 16.5. The van der Waals surface area contributed by atoms with Crippen molar-refractivity contribution in [2.45, 2.75) is 58.3 Å². The molecule has 0 amide bonds. The highest BCUT2D eigenvalue weighted by Gasteiger charge is 2.10. The summed E-state index contributed by atoms with van der Waals surface area (Å²) < 4.78 is 21.7. The molecule has 0 aliphatic rings. The Morgan fingerprint density at radius 3 is 1.93 bits per heavy atom. The summed E-state index contributed by atoms with van der Waals surface area (Å²) in [5.74, 6) is 1.17. The average Bonchev–Trinajstić information content (AvgIpc) is 2.99. The van der Waals surface area contributed by atoms with E-state index in [4.69, 9.17) is 18.9 Å². The molecule has 3 rings (SSSR count). The minimum atomic E-state index is -0.420. The van der Waals surface area contributed by atoms with Crippen LogP contribution < -0.4 is 14.2 Å². The monoisotopic (exact) mass is 545 g/mol. The van der Waals surface area contributed by atoms with Gasteiger partial charge in [-0.15, -0.1) is 0 Å².